The molecule has 23 heavy (non-hydrogen) atoms. The lowest BCUT2D eigenvalue weighted by Crippen LogP contribution is -2.53. The summed E-state index contributed by atoms with van der Waals surface area (Å²) in [6.45, 7) is 7.20. The summed E-state index contributed by atoms with van der Waals surface area (Å²) in [5, 5.41) is 0. The van der Waals surface area contributed by atoms with Gasteiger partial charge >= 0.3 is 5.97 Å². The summed E-state index contributed by atoms with van der Waals surface area (Å²) in [5.41, 5.74) is 5.71. The fourth-order valence-corrected chi connectivity index (χ4v) is 2.30. The predicted molar refractivity (Wildman–Crippen MR) is 86.1 cm³/mol. The smallest absolute Gasteiger partial charge is 0.329 e. The van der Waals surface area contributed by atoms with Crippen LogP contribution in [0.2, 0.25) is 0 Å². The van der Waals surface area contributed by atoms with Gasteiger partial charge in [-0.15, -0.1) is 0 Å². The number of amides is 1. The molecule has 0 bridgehead atoms. The van der Waals surface area contributed by atoms with Gasteiger partial charge < -0.3 is 15.2 Å². The number of hydrogen-bond donors (Lipinski definition) is 1. The van der Waals surface area contributed by atoms with Crippen molar-refractivity contribution in [2.75, 3.05) is 10.6 Å². The van der Waals surface area contributed by atoms with Gasteiger partial charge in [0.05, 0.1) is 6.10 Å². The van der Waals surface area contributed by atoms with Crippen LogP contribution in [0.1, 0.15) is 40.5 Å². The Kier molecular flexibility index (Phi) is 5.08. The van der Waals surface area contributed by atoms with Crippen LogP contribution in [-0.2, 0) is 14.3 Å². The third-order valence-corrected chi connectivity index (χ3v) is 3.86. The quantitative estimate of drug-likeness (QED) is 0.832. The molecule has 1 amide bonds. The molecule has 1 aliphatic heterocycles. The zero-order valence-corrected chi connectivity index (χ0v) is 13.9. The topological polar surface area (TPSA) is 94.8 Å². The molecule has 2 heterocycles. The molecular formula is C16H23N3O4. The Hall–Kier alpha value is -2.31. The van der Waals surface area contributed by atoms with Crippen molar-refractivity contribution in [3.8, 4) is 5.75 Å². The number of nitrogens with zero attached hydrogens (tertiary/aromatic N) is 2. The number of carbonyl (C=O) groups excluding carboxylic acids is 2. The van der Waals surface area contributed by atoms with E-state index in [1.807, 2.05) is 20.8 Å². The second-order valence-corrected chi connectivity index (χ2v) is 5.61. The minimum atomic E-state index is -0.803. The molecule has 3 unspecified atom stereocenters. The molecule has 1 aliphatic rings. The van der Waals surface area contributed by atoms with Crippen molar-refractivity contribution in [3.63, 3.8) is 0 Å². The van der Waals surface area contributed by atoms with Crippen LogP contribution in [0.25, 0.3) is 0 Å². The fourth-order valence-electron chi connectivity index (χ4n) is 2.30. The molecule has 126 valence electrons. The summed E-state index contributed by atoms with van der Waals surface area (Å²) < 4.78 is 11.0. The van der Waals surface area contributed by atoms with Gasteiger partial charge in [0.15, 0.2) is 17.7 Å². The van der Waals surface area contributed by atoms with E-state index in [0.29, 0.717) is 18.6 Å². The van der Waals surface area contributed by atoms with Crippen LogP contribution in [-0.4, -0.2) is 35.1 Å². The number of nitrogens with two attached hydrogens (primary N) is 1. The number of fused-ring (bicyclic) bond motifs is 1. The number of anilines is 2. The Labute approximate surface area is 135 Å². The van der Waals surface area contributed by atoms with Crippen molar-refractivity contribution in [3.05, 3.63) is 12.1 Å². The molecule has 0 saturated carbocycles. The average Bonchev–Trinajstić information content (AvgIpc) is 2.53. The Bertz CT molecular complexity index is 605. The highest BCUT2D eigenvalue weighted by Gasteiger charge is 2.40. The van der Waals surface area contributed by atoms with Gasteiger partial charge in [0.25, 0.3) is 5.91 Å². The maximum absolute atomic E-state index is 12.6. The van der Waals surface area contributed by atoms with Gasteiger partial charge in [-0.3, -0.25) is 9.69 Å². The molecule has 7 heteroatoms. The first-order chi connectivity index (χ1) is 10.9. The second-order valence-electron chi connectivity index (χ2n) is 5.61. The second kappa shape index (κ2) is 6.85. The average molecular weight is 321 g/mol. The maximum Gasteiger partial charge on any atom is 0.329 e. The zero-order valence-electron chi connectivity index (χ0n) is 13.9. The monoisotopic (exact) mass is 321 g/mol. The van der Waals surface area contributed by atoms with Crippen LogP contribution >= 0.6 is 0 Å². The number of aromatic nitrogens is 1. The third kappa shape index (κ3) is 3.38. The molecule has 0 aliphatic carbocycles. The summed E-state index contributed by atoms with van der Waals surface area (Å²) in [4.78, 5) is 30.5. The summed E-state index contributed by atoms with van der Waals surface area (Å²) >= 11 is 0. The van der Waals surface area contributed by atoms with Gasteiger partial charge in [-0.2, -0.15) is 0 Å². The van der Waals surface area contributed by atoms with Crippen molar-refractivity contribution < 1.29 is 19.1 Å². The molecule has 0 radical (unpaired) electrons. The molecule has 7 nitrogen and oxygen atoms in total. The van der Waals surface area contributed by atoms with E-state index in [1.165, 1.54) is 4.90 Å². The van der Waals surface area contributed by atoms with E-state index in [-0.39, 0.29) is 23.6 Å². The van der Waals surface area contributed by atoms with Crippen LogP contribution < -0.4 is 15.4 Å². The van der Waals surface area contributed by atoms with Gasteiger partial charge in [0.2, 0.25) is 0 Å². The highest BCUT2D eigenvalue weighted by atomic mass is 16.5. The van der Waals surface area contributed by atoms with Crippen molar-refractivity contribution >= 4 is 23.5 Å². The molecule has 0 saturated heterocycles. The van der Waals surface area contributed by atoms with Crippen molar-refractivity contribution in [2.24, 2.45) is 0 Å². The summed E-state index contributed by atoms with van der Waals surface area (Å²) in [5.74, 6) is 0.163. The van der Waals surface area contributed by atoms with Crippen LogP contribution in [0.5, 0.6) is 5.75 Å². The third-order valence-electron chi connectivity index (χ3n) is 3.86. The van der Waals surface area contributed by atoms with E-state index in [0.717, 1.165) is 0 Å². The standard InChI is InChI=1S/C16H23N3O4/c1-5-9(3)22-16(21)10(4)19-14-12(7-8-13(17)18-14)23-11(6-2)15(19)20/h7-11H,5-6H2,1-4H3,(H2,17,18). The van der Waals surface area contributed by atoms with E-state index >= 15 is 0 Å². The number of ether oxygens (including phenoxy) is 2. The number of nitrogen functional groups attached to an aromatic ring is 1. The molecule has 0 spiro atoms. The van der Waals surface area contributed by atoms with Crippen LogP contribution in [0, 0.1) is 0 Å². The van der Waals surface area contributed by atoms with E-state index in [2.05, 4.69) is 4.98 Å². The van der Waals surface area contributed by atoms with E-state index in [4.69, 9.17) is 15.2 Å². The Balaban J connectivity index is 2.36. The number of pyridine rings is 1. The highest BCUT2D eigenvalue weighted by Crippen LogP contribution is 2.35. The zero-order chi connectivity index (χ0) is 17.1. The van der Waals surface area contributed by atoms with Crippen LogP contribution in [0.4, 0.5) is 11.6 Å². The SMILES string of the molecule is CCC(C)OC(=O)C(C)N1C(=O)C(CC)Oc2ccc(N)nc21. The molecule has 0 fully saturated rings. The minimum absolute atomic E-state index is 0.212. The van der Waals surface area contributed by atoms with Gasteiger partial charge in [0.1, 0.15) is 11.9 Å². The van der Waals surface area contributed by atoms with E-state index in [9.17, 15) is 9.59 Å². The van der Waals surface area contributed by atoms with Crippen LogP contribution in [0.3, 0.4) is 0 Å². The number of hydrogen-bond acceptors (Lipinski definition) is 6. The fraction of sp³-hybridized carbons (Fsp3) is 0.562. The molecule has 2 rings (SSSR count). The number of rotatable bonds is 5. The molecule has 2 N–H and O–H groups in total. The first-order valence-corrected chi connectivity index (χ1v) is 7.85. The lowest BCUT2D eigenvalue weighted by atomic mass is 10.1. The van der Waals surface area contributed by atoms with Gasteiger partial charge in [-0.05, 0) is 38.8 Å². The largest absolute Gasteiger partial charge is 0.477 e. The maximum atomic E-state index is 12.6. The molecule has 3 atom stereocenters. The van der Waals surface area contributed by atoms with Gasteiger partial charge in [-0.1, -0.05) is 13.8 Å². The van der Waals surface area contributed by atoms with E-state index in [1.54, 1.807) is 19.1 Å². The summed E-state index contributed by atoms with van der Waals surface area (Å²) in [6, 6.07) is 2.45. The van der Waals surface area contributed by atoms with Crippen molar-refractivity contribution in [2.45, 2.75) is 58.8 Å². The Morgan fingerprint density at radius 2 is 2.13 bits per heavy atom. The van der Waals surface area contributed by atoms with Gasteiger partial charge in [-0.25, -0.2) is 9.78 Å². The number of carbonyl (C=O) groups is 2. The van der Waals surface area contributed by atoms with Crippen molar-refractivity contribution in [1.29, 1.82) is 0 Å². The molecule has 1 aromatic rings. The van der Waals surface area contributed by atoms with Gasteiger partial charge in [0, 0.05) is 0 Å². The normalized spacial score (nSPS) is 19.6. The Morgan fingerprint density at radius 3 is 2.74 bits per heavy atom. The van der Waals surface area contributed by atoms with Crippen molar-refractivity contribution in [1.82, 2.24) is 4.98 Å². The summed E-state index contributed by atoms with van der Waals surface area (Å²) in [7, 11) is 0. The summed E-state index contributed by atoms with van der Waals surface area (Å²) in [6.07, 6.45) is 0.337. The predicted octanol–water partition coefficient (Wildman–Crippen LogP) is 1.90. The highest BCUT2D eigenvalue weighted by molar-refractivity contribution is 6.03. The molecule has 1 aromatic heterocycles. The van der Waals surface area contributed by atoms with E-state index < -0.39 is 18.1 Å². The first-order valence-electron chi connectivity index (χ1n) is 7.85. The first kappa shape index (κ1) is 17.1. The minimum Gasteiger partial charge on any atom is -0.477 e. The molecule has 0 aromatic carbocycles. The van der Waals surface area contributed by atoms with Crippen LogP contribution in [0.15, 0.2) is 12.1 Å². The Morgan fingerprint density at radius 1 is 1.43 bits per heavy atom. The lowest BCUT2D eigenvalue weighted by molar-refractivity contribution is -0.151. The number of esters is 1. The lowest BCUT2D eigenvalue weighted by Gasteiger charge is -2.36. The molecular weight excluding hydrogens is 298 g/mol.